The van der Waals surface area contributed by atoms with Crippen LogP contribution in [0.2, 0.25) is 0 Å². The number of nitro benzene ring substituents is 1. The molecule has 1 atom stereocenters. The second kappa shape index (κ2) is 3.14. The Kier molecular flexibility index (Phi) is 1.96. The minimum Gasteiger partial charge on any atom is -0.379 e. The highest BCUT2D eigenvalue weighted by Gasteiger charge is 2.12. The first-order chi connectivity index (χ1) is 6.66. The van der Waals surface area contributed by atoms with Crippen molar-refractivity contribution in [3.63, 3.8) is 0 Å². The van der Waals surface area contributed by atoms with Gasteiger partial charge in [0.05, 0.1) is 4.92 Å². The maximum atomic E-state index is 10.5. The van der Waals surface area contributed by atoms with Gasteiger partial charge in [-0.15, -0.1) is 0 Å². The summed E-state index contributed by atoms with van der Waals surface area (Å²) < 4.78 is 0. The van der Waals surface area contributed by atoms with Gasteiger partial charge in [-0.1, -0.05) is 12.2 Å². The molecule has 0 aliphatic carbocycles. The minimum atomic E-state index is -0.383. The Morgan fingerprint density at radius 3 is 3.00 bits per heavy atom. The number of nitrogens with zero attached hydrogens (tertiary/aromatic N) is 1. The molecule has 2 rings (SSSR count). The summed E-state index contributed by atoms with van der Waals surface area (Å²) in [5, 5.41) is 13.7. The average Bonchev–Trinajstić information content (AvgIpc) is 2.16. The largest absolute Gasteiger partial charge is 0.379 e. The summed E-state index contributed by atoms with van der Waals surface area (Å²) in [6.45, 7) is 2.03. The van der Waals surface area contributed by atoms with Gasteiger partial charge in [-0.25, -0.2) is 0 Å². The molecule has 4 nitrogen and oxygen atoms in total. The lowest BCUT2D eigenvalue weighted by Gasteiger charge is -2.18. The summed E-state index contributed by atoms with van der Waals surface area (Å²) in [5.74, 6) is 0. The summed E-state index contributed by atoms with van der Waals surface area (Å²) in [5.41, 5.74) is 1.95. The first kappa shape index (κ1) is 8.74. The van der Waals surface area contributed by atoms with Crippen LogP contribution in [0.3, 0.4) is 0 Å². The molecule has 0 aromatic heterocycles. The van der Waals surface area contributed by atoms with Crippen molar-refractivity contribution >= 4 is 17.5 Å². The van der Waals surface area contributed by atoms with Gasteiger partial charge in [-0.2, -0.15) is 0 Å². The van der Waals surface area contributed by atoms with E-state index in [2.05, 4.69) is 5.32 Å². The Morgan fingerprint density at radius 1 is 1.50 bits per heavy atom. The third-order valence-corrected chi connectivity index (χ3v) is 2.19. The number of nitrogens with one attached hydrogen (secondary N) is 1. The third-order valence-electron chi connectivity index (χ3n) is 2.19. The van der Waals surface area contributed by atoms with Crippen molar-refractivity contribution in [3.05, 3.63) is 40.0 Å². The van der Waals surface area contributed by atoms with Crippen molar-refractivity contribution in [2.75, 3.05) is 5.32 Å². The molecule has 0 amide bonds. The van der Waals surface area contributed by atoms with Crippen LogP contribution in [-0.4, -0.2) is 11.0 Å². The molecular formula is C10H10N2O2. The number of rotatable bonds is 1. The maximum absolute atomic E-state index is 10.5. The normalized spacial score (nSPS) is 18.5. The average molecular weight is 190 g/mol. The van der Waals surface area contributed by atoms with Crippen molar-refractivity contribution in [1.82, 2.24) is 0 Å². The molecule has 72 valence electrons. The van der Waals surface area contributed by atoms with Crippen LogP contribution in [0, 0.1) is 10.1 Å². The van der Waals surface area contributed by atoms with E-state index in [-0.39, 0.29) is 16.7 Å². The standard InChI is InChI=1S/C10H10N2O2/c1-7-2-3-8-6-9(12(13)14)4-5-10(8)11-7/h2-7,11H,1H3. The van der Waals surface area contributed by atoms with E-state index in [4.69, 9.17) is 0 Å². The summed E-state index contributed by atoms with van der Waals surface area (Å²) >= 11 is 0. The molecule has 1 aliphatic rings. The summed E-state index contributed by atoms with van der Waals surface area (Å²) in [6.07, 6.45) is 3.88. The summed E-state index contributed by atoms with van der Waals surface area (Å²) in [6, 6.07) is 5.11. The number of non-ortho nitro benzene ring substituents is 1. The Labute approximate surface area is 81.4 Å². The van der Waals surface area contributed by atoms with E-state index in [1.165, 1.54) is 6.07 Å². The van der Waals surface area contributed by atoms with Crippen molar-refractivity contribution < 1.29 is 4.92 Å². The molecule has 1 aliphatic heterocycles. The van der Waals surface area contributed by atoms with E-state index >= 15 is 0 Å². The van der Waals surface area contributed by atoms with E-state index in [1.54, 1.807) is 12.1 Å². The fraction of sp³-hybridized carbons (Fsp3) is 0.200. The second-order valence-corrected chi connectivity index (χ2v) is 3.32. The Bertz CT molecular complexity index is 413. The lowest BCUT2D eigenvalue weighted by molar-refractivity contribution is -0.384. The van der Waals surface area contributed by atoms with Gasteiger partial charge >= 0.3 is 0 Å². The van der Waals surface area contributed by atoms with E-state index in [9.17, 15) is 10.1 Å². The molecule has 0 saturated heterocycles. The molecule has 0 radical (unpaired) electrons. The predicted octanol–water partition coefficient (Wildman–Crippen LogP) is 2.42. The molecular weight excluding hydrogens is 180 g/mol. The van der Waals surface area contributed by atoms with Crippen LogP contribution in [0.15, 0.2) is 24.3 Å². The summed E-state index contributed by atoms with van der Waals surface area (Å²) in [4.78, 5) is 10.1. The van der Waals surface area contributed by atoms with Crippen molar-refractivity contribution in [1.29, 1.82) is 0 Å². The van der Waals surface area contributed by atoms with Gasteiger partial charge in [0.25, 0.3) is 5.69 Å². The summed E-state index contributed by atoms with van der Waals surface area (Å²) in [7, 11) is 0. The Morgan fingerprint density at radius 2 is 2.29 bits per heavy atom. The quantitative estimate of drug-likeness (QED) is 0.546. The second-order valence-electron chi connectivity index (χ2n) is 3.32. The smallest absolute Gasteiger partial charge is 0.270 e. The highest BCUT2D eigenvalue weighted by atomic mass is 16.6. The van der Waals surface area contributed by atoms with Crippen LogP contribution in [0.1, 0.15) is 12.5 Å². The van der Waals surface area contributed by atoms with E-state index < -0.39 is 0 Å². The Balaban J connectivity index is 2.44. The lowest BCUT2D eigenvalue weighted by Crippen LogP contribution is -2.15. The molecule has 1 heterocycles. The zero-order valence-corrected chi connectivity index (χ0v) is 7.73. The van der Waals surface area contributed by atoms with Gasteiger partial charge in [0.15, 0.2) is 0 Å². The number of nitro groups is 1. The number of fused-ring (bicyclic) bond motifs is 1. The van der Waals surface area contributed by atoms with Crippen molar-refractivity contribution in [3.8, 4) is 0 Å². The minimum absolute atomic E-state index is 0.129. The first-order valence-electron chi connectivity index (χ1n) is 4.40. The number of hydrogen-bond acceptors (Lipinski definition) is 3. The van der Waals surface area contributed by atoms with Crippen LogP contribution in [0.5, 0.6) is 0 Å². The number of hydrogen-bond donors (Lipinski definition) is 1. The predicted molar refractivity (Wildman–Crippen MR) is 55.2 cm³/mol. The molecule has 0 saturated carbocycles. The molecule has 1 unspecified atom stereocenters. The van der Waals surface area contributed by atoms with Gasteiger partial charge in [0.2, 0.25) is 0 Å². The third kappa shape index (κ3) is 1.46. The lowest BCUT2D eigenvalue weighted by atomic mass is 10.1. The topological polar surface area (TPSA) is 55.2 Å². The number of benzene rings is 1. The van der Waals surface area contributed by atoms with E-state index in [1.807, 2.05) is 19.1 Å². The van der Waals surface area contributed by atoms with Crippen molar-refractivity contribution in [2.45, 2.75) is 13.0 Å². The molecule has 0 fully saturated rings. The van der Waals surface area contributed by atoms with Gasteiger partial charge in [-0.05, 0) is 13.0 Å². The molecule has 1 aromatic rings. The van der Waals surface area contributed by atoms with E-state index in [0.29, 0.717) is 0 Å². The zero-order chi connectivity index (χ0) is 10.1. The monoisotopic (exact) mass is 190 g/mol. The molecule has 14 heavy (non-hydrogen) atoms. The SMILES string of the molecule is CC1C=Cc2cc([N+](=O)[O-])ccc2N1. The fourth-order valence-electron chi connectivity index (χ4n) is 1.47. The van der Waals surface area contributed by atoms with Gasteiger partial charge in [-0.3, -0.25) is 10.1 Å². The first-order valence-corrected chi connectivity index (χ1v) is 4.40. The van der Waals surface area contributed by atoms with Crippen LogP contribution in [0.25, 0.3) is 6.08 Å². The molecule has 4 heteroatoms. The van der Waals surface area contributed by atoms with Crippen LogP contribution in [0.4, 0.5) is 11.4 Å². The number of anilines is 1. The molecule has 0 bridgehead atoms. The van der Waals surface area contributed by atoms with Crippen LogP contribution in [-0.2, 0) is 0 Å². The molecule has 1 N–H and O–H groups in total. The van der Waals surface area contributed by atoms with Gasteiger partial charge < -0.3 is 5.32 Å². The van der Waals surface area contributed by atoms with Crippen LogP contribution >= 0.6 is 0 Å². The zero-order valence-electron chi connectivity index (χ0n) is 7.73. The highest BCUT2D eigenvalue weighted by Crippen LogP contribution is 2.26. The van der Waals surface area contributed by atoms with Gasteiger partial charge in [0.1, 0.15) is 0 Å². The van der Waals surface area contributed by atoms with Gasteiger partial charge in [0, 0.05) is 29.4 Å². The molecule has 0 spiro atoms. The molecule has 1 aromatic carbocycles. The Hall–Kier alpha value is -1.84. The van der Waals surface area contributed by atoms with E-state index in [0.717, 1.165) is 11.3 Å². The maximum Gasteiger partial charge on any atom is 0.270 e. The van der Waals surface area contributed by atoms with Crippen LogP contribution < -0.4 is 5.32 Å². The highest BCUT2D eigenvalue weighted by molar-refractivity contribution is 5.72. The fourth-order valence-corrected chi connectivity index (χ4v) is 1.47. The van der Waals surface area contributed by atoms with Crippen molar-refractivity contribution in [2.24, 2.45) is 0 Å².